The van der Waals surface area contributed by atoms with Gasteiger partial charge in [0.25, 0.3) is 0 Å². The smallest absolute Gasteiger partial charge is 0.0739 e. The minimum atomic E-state index is 0.174. The van der Waals surface area contributed by atoms with Gasteiger partial charge < -0.3 is 4.74 Å². The van der Waals surface area contributed by atoms with E-state index in [1.165, 1.54) is 19.3 Å². The lowest BCUT2D eigenvalue weighted by Gasteiger charge is -2.34. The second-order valence-electron chi connectivity index (χ2n) is 6.21. The van der Waals surface area contributed by atoms with Gasteiger partial charge in [0.2, 0.25) is 0 Å². The summed E-state index contributed by atoms with van der Waals surface area (Å²) in [5.74, 6) is 1.74. The number of hydrogen-bond donors (Lipinski definition) is 0. The van der Waals surface area contributed by atoms with Crippen LogP contribution in [0.2, 0.25) is 5.82 Å². The molecule has 1 heterocycles. The summed E-state index contributed by atoms with van der Waals surface area (Å²) in [6, 6.07) is 0. The van der Waals surface area contributed by atoms with Crippen LogP contribution in [0, 0.1) is 17.3 Å². The minimum absolute atomic E-state index is 0.174. The summed E-state index contributed by atoms with van der Waals surface area (Å²) >= 11 is 0. The van der Waals surface area contributed by atoms with Gasteiger partial charge >= 0.3 is 0 Å². The summed E-state index contributed by atoms with van der Waals surface area (Å²) < 4.78 is 6.19. The molecule has 14 heavy (non-hydrogen) atoms. The normalized spacial score (nSPS) is 65.9. The zero-order chi connectivity index (χ0) is 10.1. The molecule has 6 atom stereocenters. The molecule has 5 unspecified atom stereocenters. The molecule has 2 bridgehead atoms. The second-order valence-corrected chi connectivity index (χ2v) is 6.21. The molecule has 3 aliphatic rings. The first-order valence-electron chi connectivity index (χ1n) is 5.90. The summed E-state index contributed by atoms with van der Waals surface area (Å²) in [5.41, 5.74) is 0.690. The van der Waals surface area contributed by atoms with Gasteiger partial charge in [0.1, 0.15) is 0 Å². The summed E-state index contributed by atoms with van der Waals surface area (Å²) in [4.78, 5) is 0. The van der Waals surface area contributed by atoms with Gasteiger partial charge in [0, 0.05) is 0 Å². The molecule has 2 radical (unpaired) electrons. The van der Waals surface area contributed by atoms with E-state index in [9.17, 15) is 0 Å². The van der Waals surface area contributed by atoms with Crippen molar-refractivity contribution in [2.75, 3.05) is 0 Å². The third-order valence-corrected chi connectivity index (χ3v) is 5.33. The van der Waals surface area contributed by atoms with Crippen LogP contribution in [0.25, 0.3) is 0 Å². The fraction of sp³-hybridized carbons (Fsp3) is 1.00. The standard InChI is InChI=1S/C12H19BO/c1-7-4-12-6-11(7,3)5-9(12)10(13)8(2)14-12/h7-10H,4-6H2,1-3H3/t7?,8?,9-,10?,11?,12?/m1/s1. The van der Waals surface area contributed by atoms with E-state index in [1.807, 2.05) is 0 Å². The van der Waals surface area contributed by atoms with Crippen LogP contribution in [0.3, 0.4) is 0 Å². The van der Waals surface area contributed by atoms with Crippen molar-refractivity contribution in [3.05, 3.63) is 0 Å². The maximum Gasteiger partial charge on any atom is 0.0739 e. The Kier molecular flexibility index (Phi) is 1.59. The van der Waals surface area contributed by atoms with E-state index in [4.69, 9.17) is 12.6 Å². The van der Waals surface area contributed by atoms with Crippen LogP contribution >= 0.6 is 0 Å². The fourth-order valence-corrected chi connectivity index (χ4v) is 4.38. The number of rotatable bonds is 0. The van der Waals surface area contributed by atoms with Crippen molar-refractivity contribution < 1.29 is 4.74 Å². The average Bonchev–Trinajstić information content (AvgIpc) is 2.56. The van der Waals surface area contributed by atoms with Crippen molar-refractivity contribution in [3.63, 3.8) is 0 Å². The number of hydrogen-bond acceptors (Lipinski definition) is 1. The van der Waals surface area contributed by atoms with Gasteiger partial charge in [-0.3, -0.25) is 0 Å². The molecule has 0 amide bonds. The van der Waals surface area contributed by atoms with Crippen LogP contribution in [0.4, 0.5) is 0 Å². The zero-order valence-corrected chi connectivity index (χ0v) is 9.42. The highest BCUT2D eigenvalue weighted by Gasteiger charge is 2.66. The van der Waals surface area contributed by atoms with E-state index in [-0.39, 0.29) is 17.5 Å². The lowest BCUT2D eigenvalue weighted by Crippen LogP contribution is -2.33. The summed E-state index contributed by atoms with van der Waals surface area (Å²) in [6.45, 7) is 6.94. The SMILES string of the molecule is [B]C1C(C)OC23CC(C)C(C)(C[C@H]12)C3. The van der Waals surface area contributed by atoms with Crippen molar-refractivity contribution in [1.29, 1.82) is 0 Å². The zero-order valence-electron chi connectivity index (χ0n) is 9.42. The topological polar surface area (TPSA) is 9.23 Å². The maximum atomic E-state index is 6.22. The second kappa shape index (κ2) is 2.40. The van der Waals surface area contributed by atoms with E-state index in [2.05, 4.69) is 20.8 Å². The Balaban J connectivity index is 1.97. The molecule has 76 valence electrons. The molecule has 1 nitrogen and oxygen atoms in total. The fourth-order valence-electron chi connectivity index (χ4n) is 4.38. The first kappa shape index (κ1) is 9.27. The van der Waals surface area contributed by atoms with Gasteiger partial charge in [0.05, 0.1) is 19.6 Å². The predicted molar refractivity (Wildman–Crippen MR) is 57.4 cm³/mol. The molecule has 2 aliphatic carbocycles. The predicted octanol–water partition coefficient (Wildman–Crippen LogP) is 2.56. The Morgan fingerprint density at radius 3 is 2.64 bits per heavy atom. The molecule has 0 aromatic carbocycles. The highest BCUT2D eigenvalue weighted by atomic mass is 16.5. The molecular weight excluding hydrogens is 171 g/mol. The van der Waals surface area contributed by atoms with Crippen LogP contribution in [0.1, 0.15) is 40.0 Å². The van der Waals surface area contributed by atoms with Crippen LogP contribution in [-0.4, -0.2) is 19.6 Å². The van der Waals surface area contributed by atoms with Gasteiger partial charge in [-0.1, -0.05) is 13.8 Å². The Labute approximate surface area is 88.0 Å². The van der Waals surface area contributed by atoms with Crippen molar-refractivity contribution in [3.8, 4) is 0 Å². The van der Waals surface area contributed by atoms with Crippen LogP contribution < -0.4 is 0 Å². The Bertz CT molecular complexity index is 275. The molecule has 0 aromatic heterocycles. The first-order valence-corrected chi connectivity index (χ1v) is 5.90. The van der Waals surface area contributed by atoms with E-state index in [0.717, 1.165) is 5.92 Å². The van der Waals surface area contributed by atoms with Crippen molar-refractivity contribution >= 4 is 7.85 Å². The van der Waals surface area contributed by atoms with Gasteiger partial charge in [-0.25, -0.2) is 0 Å². The molecule has 2 heteroatoms. The average molecular weight is 190 g/mol. The third-order valence-electron chi connectivity index (χ3n) is 5.33. The quantitative estimate of drug-likeness (QED) is 0.533. The van der Waals surface area contributed by atoms with Gasteiger partial charge in [-0.15, -0.1) is 0 Å². The van der Waals surface area contributed by atoms with Gasteiger partial charge in [-0.2, -0.15) is 0 Å². The molecular formula is C12H19BO. The van der Waals surface area contributed by atoms with Gasteiger partial charge in [-0.05, 0) is 49.3 Å². The molecule has 3 rings (SSSR count). The van der Waals surface area contributed by atoms with E-state index in [0.29, 0.717) is 11.3 Å². The molecule has 1 aliphatic heterocycles. The summed E-state index contributed by atoms with van der Waals surface area (Å²) in [6.07, 6.45) is 4.06. The minimum Gasteiger partial charge on any atom is -0.372 e. The Morgan fingerprint density at radius 1 is 1.29 bits per heavy atom. The first-order chi connectivity index (χ1) is 6.47. The van der Waals surface area contributed by atoms with Crippen LogP contribution in [-0.2, 0) is 4.74 Å². The van der Waals surface area contributed by atoms with Crippen LogP contribution in [0.5, 0.6) is 0 Å². The molecule has 2 saturated carbocycles. The molecule has 0 N–H and O–H groups in total. The largest absolute Gasteiger partial charge is 0.372 e. The van der Waals surface area contributed by atoms with Crippen molar-refractivity contribution in [2.24, 2.45) is 17.3 Å². The van der Waals surface area contributed by atoms with Crippen molar-refractivity contribution in [1.82, 2.24) is 0 Å². The summed E-state index contributed by atoms with van der Waals surface area (Å²) in [7, 11) is 6.22. The van der Waals surface area contributed by atoms with Gasteiger partial charge in [0.15, 0.2) is 0 Å². The highest BCUT2D eigenvalue weighted by Crippen LogP contribution is 2.69. The van der Waals surface area contributed by atoms with Crippen molar-refractivity contribution in [2.45, 2.75) is 57.6 Å². The number of ether oxygens (including phenoxy) is 1. The lowest BCUT2D eigenvalue weighted by molar-refractivity contribution is -0.0428. The third kappa shape index (κ3) is 0.868. The van der Waals surface area contributed by atoms with E-state index in [1.54, 1.807) is 0 Å². The highest BCUT2D eigenvalue weighted by molar-refractivity contribution is 6.12. The maximum absolute atomic E-state index is 6.22. The van der Waals surface area contributed by atoms with Crippen LogP contribution in [0.15, 0.2) is 0 Å². The molecule has 3 fully saturated rings. The monoisotopic (exact) mass is 190 g/mol. The molecule has 0 aromatic rings. The van der Waals surface area contributed by atoms with E-state index < -0.39 is 0 Å². The molecule has 1 saturated heterocycles. The Morgan fingerprint density at radius 2 is 2.00 bits per heavy atom. The lowest BCUT2D eigenvalue weighted by atomic mass is 9.64. The van der Waals surface area contributed by atoms with E-state index >= 15 is 0 Å². The Hall–Kier alpha value is 0.0249. The number of fused-ring (bicyclic) bond motifs is 1. The summed E-state index contributed by atoms with van der Waals surface area (Å²) in [5, 5.41) is 0. The molecule has 1 spiro atoms.